The monoisotopic (exact) mass is 257 g/mol. The van der Waals surface area contributed by atoms with E-state index >= 15 is 0 Å². The predicted octanol–water partition coefficient (Wildman–Crippen LogP) is -1.73. The van der Waals surface area contributed by atoms with Crippen molar-refractivity contribution in [2.75, 3.05) is 13.2 Å². The lowest BCUT2D eigenvalue weighted by atomic mass is 10.1. The lowest BCUT2D eigenvalue weighted by Crippen LogP contribution is -2.43. The summed E-state index contributed by atoms with van der Waals surface area (Å²) in [4.78, 5) is 12.3. The number of hydrogen-bond donors (Lipinski definition) is 4. The van der Waals surface area contributed by atoms with Crippen LogP contribution in [0.4, 0.5) is 0 Å². The zero-order valence-electron chi connectivity index (χ0n) is 9.51. The van der Waals surface area contributed by atoms with Crippen LogP contribution in [-0.4, -0.2) is 69.0 Å². The fourth-order valence-corrected chi connectivity index (χ4v) is 2.04. The van der Waals surface area contributed by atoms with Crippen LogP contribution in [0.5, 0.6) is 0 Å². The van der Waals surface area contributed by atoms with Gasteiger partial charge in [-0.1, -0.05) is 0 Å². The molecule has 0 aromatic rings. The molecule has 0 saturated carbocycles. The number of ether oxygens (including phenoxy) is 1. The molecule has 0 radical (unpaired) electrons. The molecular weight excluding hydrogens is 242 g/mol. The number of aliphatic hydroxyl groups excluding tert-OH is 3. The van der Waals surface area contributed by atoms with Gasteiger partial charge in [-0.2, -0.15) is 0 Å². The first-order chi connectivity index (χ1) is 8.54. The maximum absolute atomic E-state index is 10.9. The highest BCUT2D eigenvalue weighted by Gasteiger charge is 2.45. The van der Waals surface area contributed by atoms with E-state index in [4.69, 9.17) is 14.9 Å². The molecule has 1 fully saturated rings. The summed E-state index contributed by atoms with van der Waals surface area (Å²) < 4.78 is 5.31. The van der Waals surface area contributed by atoms with Crippen molar-refractivity contribution in [1.29, 1.82) is 0 Å². The fourth-order valence-electron chi connectivity index (χ4n) is 2.04. The number of carboxylic acid groups (broad SMARTS) is 1. The van der Waals surface area contributed by atoms with Gasteiger partial charge in [-0.3, -0.25) is 0 Å². The smallest absolute Gasteiger partial charge is 0.333 e. The van der Waals surface area contributed by atoms with E-state index in [1.54, 1.807) is 6.20 Å². The zero-order valence-corrected chi connectivity index (χ0v) is 9.51. The predicted molar refractivity (Wildman–Crippen MR) is 59.3 cm³/mol. The zero-order chi connectivity index (χ0) is 13.3. The van der Waals surface area contributed by atoms with Gasteiger partial charge >= 0.3 is 5.97 Å². The van der Waals surface area contributed by atoms with Crippen LogP contribution in [0.2, 0.25) is 0 Å². The first-order valence-corrected chi connectivity index (χ1v) is 5.53. The highest BCUT2D eigenvalue weighted by Crippen LogP contribution is 2.26. The van der Waals surface area contributed by atoms with Gasteiger partial charge in [0.05, 0.1) is 18.7 Å². The van der Waals surface area contributed by atoms with Crippen LogP contribution in [0.3, 0.4) is 0 Å². The van der Waals surface area contributed by atoms with Crippen molar-refractivity contribution in [2.45, 2.75) is 24.5 Å². The molecule has 0 aromatic heterocycles. The summed E-state index contributed by atoms with van der Waals surface area (Å²) in [7, 11) is 0. The van der Waals surface area contributed by atoms with Crippen LogP contribution < -0.4 is 0 Å². The largest absolute Gasteiger partial charge is 0.478 e. The van der Waals surface area contributed by atoms with Crippen molar-refractivity contribution in [1.82, 2.24) is 4.90 Å². The SMILES string of the molecule is O=C(O)C1=CC=CN(C2OC(CO)C(O)C2O)C1. The second-order valence-corrected chi connectivity index (χ2v) is 4.24. The Labute approximate surface area is 103 Å². The molecule has 0 spiro atoms. The molecule has 2 aliphatic rings. The van der Waals surface area contributed by atoms with Crippen molar-refractivity contribution >= 4 is 5.97 Å². The molecule has 18 heavy (non-hydrogen) atoms. The third-order valence-corrected chi connectivity index (χ3v) is 3.05. The lowest BCUT2D eigenvalue weighted by molar-refractivity contribution is -0.133. The number of aliphatic carboxylic acids is 1. The molecule has 1 saturated heterocycles. The van der Waals surface area contributed by atoms with Crippen molar-refractivity contribution in [2.24, 2.45) is 0 Å². The minimum absolute atomic E-state index is 0.0679. The molecule has 4 atom stereocenters. The van der Waals surface area contributed by atoms with Crippen LogP contribution in [0.1, 0.15) is 0 Å². The Morgan fingerprint density at radius 1 is 1.44 bits per heavy atom. The summed E-state index contributed by atoms with van der Waals surface area (Å²) in [6, 6.07) is 0. The molecule has 4 N–H and O–H groups in total. The molecule has 2 rings (SSSR count). The van der Waals surface area contributed by atoms with E-state index in [1.165, 1.54) is 17.1 Å². The summed E-state index contributed by atoms with van der Waals surface area (Å²) in [6.07, 6.45) is 0.454. The molecule has 100 valence electrons. The number of nitrogens with zero attached hydrogens (tertiary/aromatic N) is 1. The normalized spacial score (nSPS) is 35.7. The Morgan fingerprint density at radius 3 is 2.72 bits per heavy atom. The third-order valence-electron chi connectivity index (χ3n) is 3.05. The highest BCUT2D eigenvalue weighted by molar-refractivity contribution is 5.87. The molecule has 7 nitrogen and oxygen atoms in total. The van der Waals surface area contributed by atoms with Crippen molar-refractivity contribution in [3.8, 4) is 0 Å². The molecule has 7 heteroatoms. The van der Waals surface area contributed by atoms with Gasteiger partial charge < -0.3 is 30.1 Å². The third kappa shape index (κ3) is 2.25. The number of carbonyl (C=O) groups is 1. The molecule has 0 aliphatic carbocycles. The Balaban J connectivity index is 2.08. The highest BCUT2D eigenvalue weighted by atomic mass is 16.6. The number of rotatable bonds is 3. The van der Waals surface area contributed by atoms with Gasteiger partial charge in [0.25, 0.3) is 0 Å². The summed E-state index contributed by atoms with van der Waals surface area (Å²) in [6.45, 7) is -0.341. The summed E-state index contributed by atoms with van der Waals surface area (Å²) >= 11 is 0. The molecule has 2 heterocycles. The average Bonchev–Trinajstić information content (AvgIpc) is 2.66. The van der Waals surface area contributed by atoms with E-state index < -0.39 is 37.1 Å². The van der Waals surface area contributed by atoms with E-state index in [-0.39, 0.29) is 12.1 Å². The topological polar surface area (TPSA) is 110 Å². The number of hydrogen-bond acceptors (Lipinski definition) is 6. The first-order valence-electron chi connectivity index (χ1n) is 5.53. The van der Waals surface area contributed by atoms with Crippen molar-refractivity contribution in [3.05, 3.63) is 23.9 Å². The van der Waals surface area contributed by atoms with E-state index in [0.717, 1.165) is 0 Å². The Bertz CT molecular complexity index is 393. The second kappa shape index (κ2) is 5.07. The molecule has 0 aromatic carbocycles. The summed E-state index contributed by atoms with van der Waals surface area (Å²) in [5, 5.41) is 37.3. The Morgan fingerprint density at radius 2 is 2.17 bits per heavy atom. The van der Waals surface area contributed by atoms with Crippen molar-refractivity contribution in [3.63, 3.8) is 0 Å². The van der Waals surface area contributed by atoms with E-state index in [2.05, 4.69) is 0 Å². The van der Waals surface area contributed by atoms with Gasteiger partial charge in [0.2, 0.25) is 0 Å². The van der Waals surface area contributed by atoms with E-state index in [1.807, 2.05) is 0 Å². The number of carboxylic acids is 1. The lowest BCUT2D eigenvalue weighted by Gasteiger charge is -2.30. The average molecular weight is 257 g/mol. The van der Waals surface area contributed by atoms with Gasteiger partial charge in [0.15, 0.2) is 6.23 Å². The van der Waals surface area contributed by atoms with E-state index in [9.17, 15) is 15.0 Å². The first kappa shape index (κ1) is 13.0. The van der Waals surface area contributed by atoms with Crippen LogP contribution in [0, 0.1) is 0 Å². The van der Waals surface area contributed by atoms with Crippen molar-refractivity contribution < 1.29 is 30.0 Å². The van der Waals surface area contributed by atoms with Gasteiger partial charge in [0, 0.05) is 6.20 Å². The second-order valence-electron chi connectivity index (χ2n) is 4.24. The van der Waals surface area contributed by atoms with Crippen LogP contribution in [0.25, 0.3) is 0 Å². The Hall–Kier alpha value is -1.41. The van der Waals surface area contributed by atoms with Gasteiger partial charge in [-0.25, -0.2) is 4.79 Å². The summed E-state index contributed by atoms with van der Waals surface area (Å²) in [5.74, 6) is -1.05. The minimum Gasteiger partial charge on any atom is -0.478 e. The van der Waals surface area contributed by atoms with Gasteiger partial charge in [0.1, 0.15) is 18.3 Å². The molecule has 0 amide bonds. The minimum atomic E-state index is -1.19. The van der Waals surface area contributed by atoms with E-state index in [0.29, 0.717) is 0 Å². The maximum Gasteiger partial charge on any atom is 0.333 e. The van der Waals surface area contributed by atoms with Gasteiger partial charge in [-0.05, 0) is 12.2 Å². The molecule has 2 aliphatic heterocycles. The number of aliphatic hydroxyl groups is 3. The van der Waals surface area contributed by atoms with Crippen LogP contribution in [-0.2, 0) is 9.53 Å². The standard InChI is InChI=1S/C11H15NO6/c13-5-7-8(14)9(15)10(18-7)12-3-1-2-6(4-12)11(16)17/h1-3,7-10,13-15H,4-5H2,(H,16,17). The van der Waals surface area contributed by atoms with Crippen LogP contribution in [0.15, 0.2) is 23.9 Å². The quantitative estimate of drug-likeness (QED) is 0.475. The Kier molecular flexibility index (Phi) is 3.67. The summed E-state index contributed by atoms with van der Waals surface area (Å²) in [5.41, 5.74) is 0.162. The van der Waals surface area contributed by atoms with Crippen LogP contribution >= 0.6 is 0 Å². The maximum atomic E-state index is 10.9. The molecular formula is C11H15NO6. The molecule has 4 unspecified atom stereocenters. The fraction of sp³-hybridized carbons (Fsp3) is 0.545. The number of allylic oxidation sites excluding steroid dienone is 2. The van der Waals surface area contributed by atoms with Gasteiger partial charge in [-0.15, -0.1) is 0 Å². The molecule has 0 bridgehead atoms.